The fourth-order valence-electron chi connectivity index (χ4n) is 1.66. The monoisotopic (exact) mass is 280 g/mol. The zero-order chi connectivity index (χ0) is 13.8. The summed E-state index contributed by atoms with van der Waals surface area (Å²) in [6.07, 6.45) is 0.851. The lowest BCUT2D eigenvalue weighted by Crippen LogP contribution is -1.98. The summed E-state index contributed by atoms with van der Waals surface area (Å²) >= 11 is 5.83. The van der Waals surface area contributed by atoms with E-state index in [0.29, 0.717) is 12.2 Å². The number of nitrogens with one attached hydrogen (secondary N) is 1. The molecule has 1 N–H and O–H groups in total. The molecule has 0 atom stereocenters. The number of nitro groups is 1. The van der Waals surface area contributed by atoms with Crippen molar-refractivity contribution in [3.63, 3.8) is 0 Å². The van der Waals surface area contributed by atoms with Gasteiger partial charge in [0.15, 0.2) is 0 Å². The summed E-state index contributed by atoms with van der Waals surface area (Å²) in [4.78, 5) is 10.1. The van der Waals surface area contributed by atoms with E-state index in [-0.39, 0.29) is 10.7 Å². The number of halogens is 1. The van der Waals surface area contributed by atoms with Crippen molar-refractivity contribution in [2.75, 3.05) is 5.32 Å². The van der Waals surface area contributed by atoms with Gasteiger partial charge < -0.3 is 9.73 Å². The Labute approximate surface area is 115 Å². The quantitative estimate of drug-likeness (QED) is 0.663. The van der Waals surface area contributed by atoms with E-state index < -0.39 is 4.92 Å². The average molecular weight is 281 g/mol. The second-order valence-electron chi connectivity index (χ2n) is 4.00. The standard InChI is InChI=1S/C13H13ClN2O3/c1-2-10-4-5-11(19-10)8-15-9-3-6-13(16(17)18)12(14)7-9/h3-7,15H,2,8H2,1H3. The number of nitro benzene ring substituents is 1. The molecule has 0 aliphatic heterocycles. The SMILES string of the molecule is CCc1ccc(CNc2ccc([N+](=O)[O-])c(Cl)c2)o1. The Bertz CT molecular complexity index is 595. The fraction of sp³-hybridized carbons (Fsp3) is 0.231. The van der Waals surface area contributed by atoms with Crippen LogP contribution in [0.5, 0.6) is 0 Å². The van der Waals surface area contributed by atoms with Crippen LogP contribution in [0.15, 0.2) is 34.7 Å². The maximum atomic E-state index is 10.6. The van der Waals surface area contributed by atoms with Crippen molar-refractivity contribution in [2.45, 2.75) is 19.9 Å². The predicted octanol–water partition coefficient (Wildman–Crippen LogP) is 4.02. The molecular weight excluding hydrogens is 268 g/mol. The molecule has 1 aromatic carbocycles. The zero-order valence-electron chi connectivity index (χ0n) is 10.4. The van der Waals surface area contributed by atoms with Crippen molar-refractivity contribution in [1.82, 2.24) is 0 Å². The van der Waals surface area contributed by atoms with E-state index in [1.165, 1.54) is 12.1 Å². The van der Waals surface area contributed by atoms with E-state index >= 15 is 0 Å². The molecule has 0 fully saturated rings. The van der Waals surface area contributed by atoms with E-state index in [4.69, 9.17) is 16.0 Å². The minimum Gasteiger partial charge on any atom is -0.464 e. The summed E-state index contributed by atoms with van der Waals surface area (Å²) in [5.41, 5.74) is 0.614. The van der Waals surface area contributed by atoms with Crippen LogP contribution < -0.4 is 5.32 Å². The fourth-order valence-corrected chi connectivity index (χ4v) is 1.91. The Morgan fingerprint density at radius 3 is 2.63 bits per heavy atom. The molecule has 1 heterocycles. The van der Waals surface area contributed by atoms with Gasteiger partial charge >= 0.3 is 0 Å². The van der Waals surface area contributed by atoms with E-state index in [2.05, 4.69) is 5.32 Å². The van der Waals surface area contributed by atoms with Gasteiger partial charge in [0.05, 0.1) is 11.5 Å². The van der Waals surface area contributed by atoms with Crippen molar-refractivity contribution in [3.05, 3.63) is 57.0 Å². The highest BCUT2D eigenvalue weighted by atomic mass is 35.5. The molecule has 6 heteroatoms. The maximum Gasteiger partial charge on any atom is 0.288 e. The minimum absolute atomic E-state index is 0.0986. The van der Waals surface area contributed by atoms with Gasteiger partial charge in [-0.15, -0.1) is 0 Å². The van der Waals surface area contributed by atoms with E-state index in [1.807, 2.05) is 19.1 Å². The molecule has 5 nitrogen and oxygen atoms in total. The summed E-state index contributed by atoms with van der Waals surface area (Å²) in [5, 5.41) is 13.9. The van der Waals surface area contributed by atoms with Crippen LogP contribution >= 0.6 is 11.6 Å². The highest BCUT2D eigenvalue weighted by molar-refractivity contribution is 6.32. The highest BCUT2D eigenvalue weighted by Gasteiger charge is 2.12. The molecule has 0 saturated carbocycles. The van der Waals surface area contributed by atoms with E-state index in [1.54, 1.807) is 6.07 Å². The van der Waals surface area contributed by atoms with Crippen molar-refractivity contribution < 1.29 is 9.34 Å². The average Bonchev–Trinajstić information content (AvgIpc) is 2.84. The van der Waals surface area contributed by atoms with Crippen LogP contribution in [0.3, 0.4) is 0 Å². The Morgan fingerprint density at radius 2 is 2.05 bits per heavy atom. The second kappa shape index (κ2) is 5.75. The second-order valence-corrected chi connectivity index (χ2v) is 4.41. The number of benzene rings is 1. The van der Waals surface area contributed by atoms with Crippen LogP contribution in [0.25, 0.3) is 0 Å². The first-order chi connectivity index (χ1) is 9.10. The third-order valence-corrected chi connectivity index (χ3v) is 2.98. The number of nitrogens with zero attached hydrogens (tertiary/aromatic N) is 1. The van der Waals surface area contributed by atoms with E-state index in [9.17, 15) is 10.1 Å². The Balaban J connectivity index is 2.03. The number of hydrogen-bond donors (Lipinski definition) is 1. The first kappa shape index (κ1) is 13.4. The van der Waals surface area contributed by atoms with Gasteiger partial charge in [-0.05, 0) is 24.3 Å². The highest BCUT2D eigenvalue weighted by Crippen LogP contribution is 2.27. The number of rotatable bonds is 5. The molecule has 0 saturated heterocycles. The first-order valence-corrected chi connectivity index (χ1v) is 6.23. The third kappa shape index (κ3) is 3.26. The number of anilines is 1. The molecule has 2 rings (SSSR count). The number of aryl methyl sites for hydroxylation is 1. The molecule has 1 aromatic heterocycles. The zero-order valence-corrected chi connectivity index (χ0v) is 11.1. The Kier molecular flexibility index (Phi) is 4.06. The van der Waals surface area contributed by atoms with Crippen LogP contribution in [0.4, 0.5) is 11.4 Å². The van der Waals surface area contributed by atoms with Gasteiger partial charge in [0.2, 0.25) is 0 Å². The molecule has 0 amide bonds. The molecule has 0 aliphatic rings. The van der Waals surface area contributed by atoms with Crippen molar-refractivity contribution in [3.8, 4) is 0 Å². The summed E-state index contributed by atoms with van der Waals surface area (Å²) in [6.45, 7) is 2.53. The van der Waals surface area contributed by atoms with Gasteiger partial charge in [-0.1, -0.05) is 18.5 Å². The molecule has 19 heavy (non-hydrogen) atoms. The summed E-state index contributed by atoms with van der Waals surface area (Å²) < 4.78 is 5.54. The van der Waals surface area contributed by atoms with Crippen LogP contribution in [0, 0.1) is 10.1 Å². The lowest BCUT2D eigenvalue weighted by molar-refractivity contribution is -0.384. The molecule has 0 unspecified atom stereocenters. The van der Waals surface area contributed by atoms with Crippen molar-refractivity contribution >= 4 is 23.0 Å². The Morgan fingerprint density at radius 1 is 1.32 bits per heavy atom. The van der Waals surface area contributed by atoms with Crippen LogP contribution in [-0.4, -0.2) is 4.92 Å². The molecule has 100 valence electrons. The van der Waals surface area contributed by atoms with Gasteiger partial charge in [0, 0.05) is 18.2 Å². The summed E-state index contributed by atoms with van der Waals surface area (Å²) in [7, 11) is 0. The third-order valence-electron chi connectivity index (χ3n) is 2.68. The number of hydrogen-bond acceptors (Lipinski definition) is 4. The smallest absolute Gasteiger partial charge is 0.288 e. The van der Waals surface area contributed by atoms with Gasteiger partial charge in [-0.3, -0.25) is 10.1 Å². The summed E-state index contributed by atoms with van der Waals surface area (Å²) in [5.74, 6) is 1.74. The van der Waals surface area contributed by atoms with Gasteiger partial charge in [0.25, 0.3) is 5.69 Å². The summed E-state index contributed by atoms with van der Waals surface area (Å²) in [6, 6.07) is 8.36. The van der Waals surface area contributed by atoms with Gasteiger partial charge in [-0.2, -0.15) is 0 Å². The lowest BCUT2D eigenvalue weighted by Gasteiger charge is -2.05. The van der Waals surface area contributed by atoms with Crippen molar-refractivity contribution in [1.29, 1.82) is 0 Å². The van der Waals surface area contributed by atoms with Crippen LogP contribution in [0.1, 0.15) is 18.4 Å². The minimum atomic E-state index is -0.508. The largest absolute Gasteiger partial charge is 0.464 e. The molecule has 0 radical (unpaired) electrons. The molecule has 0 spiro atoms. The van der Waals surface area contributed by atoms with E-state index in [0.717, 1.165) is 17.9 Å². The predicted molar refractivity (Wildman–Crippen MR) is 73.5 cm³/mol. The van der Waals surface area contributed by atoms with Gasteiger partial charge in [-0.25, -0.2) is 0 Å². The molecule has 0 aliphatic carbocycles. The lowest BCUT2D eigenvalue weighted by atomic mass is 10.3. The first-order valence-electron chi connectivity index (χ1n) is 5.85. The van der Waals surface area contributed by atoms with Crippen molar-refractivity contribution in [2.24, 2.45) is 0 Å². The van der Waals surface area contributed by atoms with Gasteiger partial charge in [0.1, 0.15) is 16.5 Å². The Hall–Kier alpha value is -2.01. The topological polar surface area (TPSA) is 68.3 Å². The van der Waals surface area contributed by atoms with Crippen LogP contribution in [-0.2, 0) is 13.0 Å². The maximum absolute atomic E-state index is 10.6. The van der Waals surface area contributed by atoms with Crippen LogP contribution in [0.2, 0.25) is 5.02 Å². The normalized spacial score (nSPS) is 10.4. The number of furan rings is 1. The molecular formula is C13H13ClN2O3. The molecule has 2 aromatic rings. The molecule has 0 bridgehead atoms.